The van der Waals surface area contributed by atoms with Crippen LogP contribution in [-0.2, 0) is 0 Å². The Bertz CT molecular complexity index is 3600. The van der Waals surface area contributed by atoms with Gasteiger partial charge in [0.2, 0.25) is 0 Å². The molecule has 0 spiro atoms. The first-order valence-corrected chi connectivity index (χ1v) is 19.3. The van der Waals surface area contributed by atoms with E-state index in [1.165, 1.54) is 32.0 Å². The molecule has 0 saturated heterocycles. The van der Waals surface area contributed by atoms with Crippen LogP contribution < -0.4 is 0 Å². The van der Waals surface area contributed by atoms with Crippen LogP contribution in [0, 0.1) is 0 Å². The lowest BCUT2D eigenvalue weighted by Crippen LogP contribution is -2.03. The molecule has 55 heavy (non-hydrogen) atoms. The van der Waals surface area contributed by atoms with E-state index in [4.69, 9.17) is 19.4 Å². The van der Waals surface area contributed by atoms with Crippen LogP contribution in [0.4, 0.5) is 0 Å². The van der Waals surface area contributed by atoms with Crippen LogP contribution in [0.15, 0.2) is 162 Å². The second-order valence-electron chi connectivity index (χ2n) is 14.3. The molecule has 1 aliphatic carbocycles. The third-order valence-corrected chi connectivity index (χ3v) is 12.4. The van der Waals surface area contributed by atoms with E-state index in [2.05, 4.69) is 144 Å². The minimum Gasteiger partial charge on any atom is -0.455 e. The van der Waals surface area contributed by atoms with Crippen molar-refractivity contribution in [2.75, 3.05) is 0 Å². The lowest BCUT2D eigenvalue weighted by Gasteiger charge is -2.15. The Kier molecular flexibility index (Phi) is 5.71. The first kappa shape index (κ1) is 29.3. The van der Waals surface area contributed by atoms with Gasteiger partial charge < -0.3 is 4.42 Å². The quantitative estimate of drug-likeness (QED) is 0.182. The Labute approximate surface area is 317 Å². The van der Waals surface area contributed by atoms with E-state index in [0.29, 0.717) is 0 Å². The van der Waals surface area contributed by atoms with Crippen molar-refractivity contribution in [2.45, 2.75) is 0 Å². The van der Waals surface area contributed by atoms with Crippen LogP contribution in [0.3, 0.4) is 0 Å². The van der Waals surface area contributed by atoms with Gasteiger partial charge in [-0.15, -0.1) is 11.3 Å². The molecule has 5 aromatic heterocycles. The molecule has 0 unspecified atom stereocenters. The topological polar surface area (TPSA) is 56.7 Å². The molecule has 5 heterocycles. The van der Waals surface area contributed by atoms with E-state index in [9.17, 15) is 0 Å². The molecule has 7 aromatic carbocycles. The molecule has 0 fully saturated rings. The third-order valence-electron chi connectivity index (χ3n) is 11.4. The number of thiophene rings is 1. The largest absolute Gasteiger partial charge is 0.455 e. The minimum absolute atomic E-state index is 0.793. The predicted molar refractivity (Wildman–Crippen MR) is 227 cm³/mol. The smallest absolute Gasteiger partial charge is 0.166 e. The number of furan rings is 1. The van der Waals surface area contributed by atoms with E-state index in [1.807, 2.05) is 18.3 Å². The maximum Gasteiger partial charge on any atom is 0.166 e. The standard InChI is InChI=1S/C49H26N4OS/c1-2-11-27(12-3-1)29-14-8-15-30(25-29)45-48(52-49-46(51-45)33-16-4-5-21-39(33)55-49)53-36-23-22-28-13-9-17-31-32-18-10-20-38-41(32)44-43(42(36)40(28)31)37(53)26-34(47(44)54-38)35-19-6-7-24-50-35/h1-26H. The minimum atomic E-state index is 0.793. The fraction of sp³-hybridized carbons (Fsp3) is 0. The first-order chi connectivity index (χ1) is 27.3. The molecule has 12 aromatic rings. The molecule has 0 bridgehead atoms. The van der Waals surface area contributed by atoms with Crippen LogP contribution in [0.25, 0.3) is 126 Å². The van der Waals surface area contributed by atoms with Gasteiger partial charge in [-0.2, -0.15) is 0 Å². The van der Waals surface area contributed by atoms with E-state index in [0.717, 1.165) is 93.6 Å². The Morgan fingerprint density at radius 1 is 0.527 bits per heavy atom. The SMILES string of the molecule is c1ccc(-c2cccc(-c3nc4c(nc3-n3c5ccc6cccc7c6c5c5c6c(oc8cccc-7c86)c(-c6ccccn6)cc53)sc3ccccc34)c2)cc1. The summed E-state index contributed by atoms with van der Waals surface area (Å²) in [5.41, 5.74) is 13.1. The maximum atomic E-state index is 6.88. The van der Waals surface area contributed by atoms with Gasteiger partial charge in [-0.05, 0) is 75.5 Å². The molecule has 0 N–H and O–H groups in total. The fourth-order valence-corrected chi connectivity index (χ4v) is 10.1. The zero-order chi connectivity index (χ0) is 35.8. The maximum absolute atomic E-state index is 6.88. The van der Waals surface area contributed by atoms with Crippen molar-refractivity contribution in [2.24, 2.45) is 0 Å². The van der Waals surface area contributed by atoms with Crippen molar-refractivity contribution in [3.63, 3.8) is 0 Å². The molecular formula is C49H26N4OS. The van der Waals surface area contributed by atoms with E-state index >= 15 is 0 Å². The number of pyridine rings is 1. The van der Waals surface area contributed by atoms with Crippen molar-refractivity contribution in [3.05, 3.63) is 158 Å². The molecule has 0 saturated carbocycles. The molecule has 0 amide bonds. The molecule has 1 aliphatic rings. The number of benzene rings is 7. The normalized spacial score (nSPS) is 12.4. The second-order valence-corrected chi connectivity index (χ2v) is 15.3. The molecule has 0 aliphatic heterocycles. The fourth-order valence-electron chi connectivity index (χ4n) is 9.08. The van der Waals surface area contributed by atoms with Gasteiger partial charge >= 0.3 is 0 Å². The highest BCUT2D eigenvalue weighted by Crippen LogP contribution is 2.53. The molecule has 6 heteroatoms. The summed E-state index contributed by atoms with van der Waals surface area (Å²) in [6.45, 7) is 0. The molecule has 0 radical (unpaired) electrons. The van der Waals surface area contributed by atoms with E-state index < -0.39 is 0 Å². The Hall–Kier alpha value is -7.15. The van der Waals surface area contributed by atoms with Crippen LogP contribution in [0.1, 0.15) is 0 Å². The highest BCUT2D eigenvalue weighted by Gasteiger charge is 2.30. The van der Waals surface area contributed by atoms with Gasteiger partial charge in [0.15, 0.2) is 5.82 Å². The van der Waals surface area contributed by atoms with Crippen LogP contribution in [0.2, 0.25) is 0 Å². The molecule has 5 nitrogen and oxygen atoms in total. The van der Waals surface area contributed by atoms with E-state index in [-0.39, 0.29) is 0 Å². The van der Waals surface area contributed by atoms with Gasteiger partial charge in [-0.3, -0.25) is 9.55 Å². The third kappa shape index (κ3) is 3.93. The molecular weight excluding hydrogens is 693 g/mol. The lowest BCUT2D eigenvalue weighted by molar-refractivity contribution is 0.670. The summed E-state index contributed by atoms with van der Waals surface area (Å²) in [6, 6.07) is 53.7. The summed E-state index contributed by atoms with van der Waals surface area (Å²) < 4.78 is 10.4. The number of fused-ring (bicyclic) bond motifs is 4. The summed E-state index contributed by atoms with van der Waals surface area (Å²) in [6.07, 6.45) is 1.85. The van der Waals surface area contributed by atoms with Crippen molar-refractivity contribution < 1.29 is 4.42 Å². The summed E-state index contributed by atoms with van der Waals surface area (Å²) in [7, 11) is 0. The number of hydrogen-bond acceptors (Lipinski definition) is 5. The van der Waals surface area contributed by atoms with Crippen molar-refractivity contribution in [1.29, 1.82) is 0 Å². The first-order valence-electron chi connectivity index (χ1n) is 18.4. The monoisotopic (exact) mass is 718 g/mol. The van der Waals surface area contributed by atoms with Gasteiger partial charge in [0.25, 0.3) is 0 Å². The van der Waals surface area contributed by atoms with Crippen LogP contribution in [-0.4, -0.2) is 19.5 Å². The van der Waals surface area contributed by atoms with Crippen LogP contribution in [0.5, 0.6) is 0 Å². The van der Waals surface area contributed by atoms with Crippen LogP contribution >= 0.6 is 11.3 Å². The predicted octanol–water partition coefficient (Wildman–Crippen LogP) is 13.4. The summed E-state index contributed by atoms with van der Waals surface area (Å²) in [5.74, 6) is 0.793. The number of rotatable bonds is 4. The number of nitrogens with zero attached hydrogens (tertiary/aromatic N) is 4. The number of aromatic nitrogens is 4. The average molecular weight is 719 g/mol. The lowest BCUT2D eigenvalue weighted by atomic mass is 9.95. The van der Waals surface area contributed by atoms with Gasteiger partial charge in [0, 0.05) is 49.0 Å². The highest BCUT2D eigenvalue weighted by atomic mass is 32.1. The molecule has 0 atom stereocenters. The van der Waals surface area contributed by atoms with Gasteiger partial charge in [0.1, 0.15) is 27.2 Å². The number of hydrogen-bond donors (Lipinski definition) is 0. The van der Waals surface area contributed by atoms with E-state index in [1.54, 1.807) is 11.3 Å². The van der Waals surface area contributed by atoms with Gasteiger partial charge in [-0.25, -0.2) is 9.97 Å². The Morgan fingerprint density at radius 2 is 1.31 bits per heavy atom. The Balaban J connectivity index is 1.25. The second kappa shape index (κ2) is 10.7. The summed E-state index contributed by atoms with van der Waals surface area (Å²) in [4.78, 5) is 17.0. The average Bonchev–Trinajstić information content (AvgIpc) is 3.89. The van der Waals surface area contributed by atoms with Crippen molar-refractivity contribution >= 4 is 86.3 Å². The zero-order valence-electron chi connectivity index (χ0n) is 29.1. The summed E-state index contributed by atoms with van der Waals surface area (Å²) >= 11 is 1.69. The zero-order valence-corrected chi connectivity index (χ0v) is 29.9. The molecule has 13 rings (SSSR count). The van der Waals surface area contributed by atoms with Crippen molar-refractivity contribution in [3.8, 4) is 50.6 Å². The Morgan fingerprint density at radius 3 is 2.22 bits per heavy atom. The highest BCUT2D eigenvalue weighted by molar-refractivity contribution is 7.25. The van der Waals surface area contributed by atoms with Gasteiger partial charge in [-0.1, -0.05) is 109 Å². The van der Waals surface area contributed by atoms with Crippen molar-refractivity contribution in [1.82, 2.24) is 19.5 Å². The van der Waals surface area contributed by atoms with Gasteiger partial charge in [0.05, 0.1) is 16.7 Å². The molecule has 254 valence electrons. The summed E-state index contributed by atoms with van der Waals surface area (Å²) in [5, 5.41) is 8.15.